The van der Waals surface area contributed by atoms with Crippen LogP contribution in [0.25, 0.3) is 0 Å². The van der Waals surface area contributed by atoms with Crippen molar-refractivity contribution in [1.82, 2.24) is 10.6 Å². The molecule has 0 bridgehead atoms. The van der Waals surface area contributed by atoms with Gasteiger partial charge in [-0.2, -0.15) is 0 Å². The van der Waals surface area contributed by atoms with Crippen molar-refractivity contribution in [2.24, 2.45) is 0 Å². The van der Waals surface area contributed by atoms with Crippen LogP contribution in [0, 0.1) is 13.8 Å². The van der Waals surface area contributed by atoms with Gasteiger partial charge in [0, 0.05) is 17.3 Å². The van der Waals surface area contributed by atoms with Crippen molar-refractivity contribution in [2.45, 2.75) is 29.5 Å². The molecule has 10 heteroatoms. The number of halogens is 1. The van der Waals surface area contributed by atoms with Crippen LogP contribution in [-0.2, 0) is 19.4 Å². The van der Waals surface area contributed by atoms with Gasteiger partial charge in [0.25, 0.3) is 0 Å². The number of carbonyl (C=O) groups is 2. The van der Waals surface area contributed by atoms with Crippen LogP contribution in [0.1, 0.15) is 11.1 Å². The maximum atomic E-state index is 12.8. The summed E-state index contributed by atoms with van der Waals surface area (Å²) in [4.78, 5) is 24.6. The summed E-state index contributed by atoms with van der Waals surface area (Å²) in [5.41, 5.74) is 1.97. The molecule has 7 nitrogen and oxygen atoms in total. The quantitative estimate of drug-likeness (QED) is 0.603. The first kappa shape index (κ1) is 22.6. The molecule has 2 unspecified atom stereocenters. The molecule has 160 valence electrons. The third kappa shape index (κ3) is 5.34. The number of nitrogens with one attached hydrogen (secondary N) is 3. The van der Waals surface area contributed by atoms with Crippen molar-refractivity contribution in [3.8, 4) is 0 Å². The van der Waals surface area contributed by atoms with E-state index < -0.39 is 26.5 Å². The highest BCUT2D eigenvalue weighted by molar-refractivity contribution is 8.00. The molecule has 0 aliphatic carbocycles. The maximum absolute atomic E-state index is 12.8. The number of amides is 2. The van der Waals surface area contributed by atoms with Gasteiger partial charge in [-0.15, -0.1) is 11.8 Å². The van der Waals surface area contributed by atoms with E-state index in [1.807, 2.05) is 31.2 Å². The smallest absolute Gasteiger partial charge is 0.241 e. The fraction of sp³-hybridized carbons (Fsp3) is 0.300. The Kier molecular flexibility index (Phi) is 7.07. The van der Waals surface area contributed by atoms with E-state index in [2.05, 4.69) is 16.0 Å². The zero-order chi connectivity index (χ0) is 21.9. The highest BCUT2D eigenvalue weighted by Crippen LogP contribution is 2.24. The predicted molar refractivity (Wildman–Crippen MR) is 119 cm³/mol. The Hall–Kier alpha value is -2.07. The van der Waals surface area contributed by atoms with Crippen LogP contribution in [0.15, 0.2) is 47.4 Å². The number of rotatable bonds is 6. The molecular formula is C20H22ClN3O4S2. The van der Waals surface area contributed by atoms with Crippen molar-refractivity contribution in [3.05, 3.63) is 58.6 Å². The second kappa shape index (κ2) is 9.38. The first-order valence-corrected chi connectivity index (χ1v) is 12.2. The number of carbonyl (C=O) groups excluding carboxylic acids is 2. The van der Waals surface area contributed by atoms with E-state index in [9.17, 15) is 18.0 Å². The van der Waals surface area contributed by atoms with Crippen molar-refractivity contribution in [3.63, 3.8) is 0 Å². The molecule has 1 aliphatic heterocycles. The molecule has 2 amide bonds. The Morgan fingerprint density at radius 2 is 1.90 bits per heavy atom. The summed E-state index contributed by atoms with van der Waals surface area (Å²) in [5.74, 6) is -0.734. The molecule has 2 atom stereocenters. The largest absolute Gasteiger partial charge is 0.331 e. The van der Waals surface area contributed by atoms with Crippen molar-refractivity contribution >= 4 is 50.7 Å². The molecule has 1 heterocycles. The summed E-state index contributed by atoms with van der Waals surface area (Å²) in [6, 6.07) is 11.8. The molecule has 1 aliphatic rings. The highest BCUT2D eigenvalue weighted by atomic mass is 35.5. The van der Waals surface area contributed by atoms with Crippen molar-refractivity contribution in [1.29, 1.82) is 0 Å². The lowest BCUT2D eigenvalue weighted by molar-refractivity contribution is -0.122. The third-order valence-electron chi connectivity index (χ3n) is 4.62. The number of thioether (sulfide) groups is 1. The number of benzene rings is 2. The Morgan fingerprint density at radius 3 is 2.53 bits per heavy atom. The molecule has 2 aromatic rings. The van der Waals surface area contributed by atoms with Crippen molar-refractivity contribution < 1.29 is 18.0 Å². The Balaban J connectivity index is 1.55. The lowest BCUT2D eigenvalue weighted by atomic mass is 10.2. The van der Waals surface area contributed by atoms with Gasteiger partial charge in [-0.1, -0.05) is 35.4 Å². The van der Waals surface area contributed by atoms with Gasteiger partial charge in [0.05, 0.1) is 10.6 Å². The molecule has 0 spiro atoms. The average molecular weight is 468 g/mol. The van der Waals surface area contributed by atoms with Gasteiger partial charge in [0.1, 0.15) is 5.50 Å². The topological polar surface area (TPSA) is 104 Å². The number of anilines is 1. The first-order valence-electron chi connectivity index (χ1n) is 9.19. The van der Waals surface area contributed by atoms with Crippen LogP contribution in [0.3, 0.4) is 0 Å². The van der Waals surface area contributed by atoms with E-state index in [1.54, 1.807) is 13.0 Å². The molecule has 3 N–H and O–H groups in total. The highest BCUT2D eigenvalue weighted by Gasteiger charge is 2.38. The molecule has 0 aromatic heterocycles. The molecule has 0 radical (unpaired) electrons. The van der Waals surface area contributed by atoms with Gasteiger partial charge in [0.15, 0.2) is 15.1 Å². The fourth-order valence-electron chi connectivity index (χ4n) is 2.84. The third-order valence-corrected chi connectivity index (χ3v) is 8.11. The van der Waals surface area contributed by atoms with Crippen LogP contribution < -0.4 is 16.0 Å². The van der Waals surface area contributed by atoms with Crippen molar-refractivity contribution in [2.75, 3.05) is 17.6 Å². The number of hydrogen-bond acceptors (Lipinski definition) is 6. The fourth-order valence-corrected chi connectivity index (χ4v) is 5.42. The SMILES string of the molecule is Cc1ccc(NC(=O)CSC2NCC(S(=O)(=O)c3ccc(C)c(Cl)c3)C(=O)N2)cc1. The van der Waals surface area contributed by atoms with Gasteiger partial charge >= 0.3 is 0 Å². The monoisotopic (exact) mass is 467 g/mol. The zero-order valence-corrected chi connectivity index (χ0v) is 18.8. The molecule has 30 heavy (non-hydrogen) atoms. The molecule has 2 aromatic carbocycles. The van der Waals surface area contributed by atoms with Crippen LogP contribution in [-0.4, -0.2) is 43.3 Å². The Morgan fingerprint density at radius 1 is 1.20 bits per heavy atom. The summed E-state index contributed by atoms with van der Waals surface area (Å²) in [5, 5.41) is 7.42. The summed E-state index contributed by atoms with van der Waals surface area (Å²) >= 11 is 7.21. The zero-order valence-electron chi connectivity index (χ0n) is 16.4. The van der Waals surface area contributed by atoms with Crippen LogP contribution >= 0.6 is 23.4 Å². The lowest BCUT2D eigenvalue weighted by Gasteiger charge is -2.29. The minimum atomic E-state index is -3.90. The number of aryl methyl sites for hydroxylation is 2. The molecule has 1 saturated heterocycles. The predicted octanol–water partition coefficient (Wildman–Crippen LogP) is 2.47. The minimum absolute atomic E-state index is 0.00336. The summed E-state index contributed by atoms with van der Waals surface area (Å²) in [6.45, 7) is 3.67. The lowest BCUT2D eigenvalue weighted by Crippen LogP contribution is -2.59. The molecule has 1 fully saturated rings. The number of sulfone groups is 1. The normalized spacial score (nSPS) is 19.2. The Labute approximate surface area is 184 Å². The van der Waals surface area contributed by atoms with Gasteiger partial charge in [-0.3, -0.25) is 14.9 Å². The second-order valence-corrected chi connectivity index (χ2v) is 10.6. The van der Waals surface area contributed by atoms with Crippen LogP contribution in [0.4, 0.5) is 5.69 Å². The van der Waals surface area contributed by atoms with Gasteiger partial charge in [-0.05, 0) is 43.7 Å². The average Bonchev–Trinajstić information content (AvgIpc) is 2.70. The maximum Gasteiger partial charge on any atom is 0.241 e. The number of hydrogen-bond donors (Lipinski definition) is 3. The summed E-state index contributed by atoms with van der Waals surface area (Å²) < 4.78 is 25.7. The van der Waals surface area contributed by atoms with Crippen LogP contribution in [0.5, 0.6) is 0 Å². The first-order chi connectivity index (χ1) is 14.2. The van der Waals surface area contributed by atoms with E-state index in [-0.39, 0.29) is 23.1 Å². The van der Waals surface area contributed by atoms with E-state index in [0.29, 0.717) is 10.7 Å². The standard InChI is InChI=1S/C20H22ClN3O4S2/c1-12-3-6-14(7-4-12)23-18(25)11-29-20-22-10-17(19(26)24-20)30(27,28)15-8-5-13(2)16(21)9-15/h3-9,17,20,22H,10-11H2,1-2H3,(H,23,25)(H,24,26). The Bertz CT molecular complexity index is 1060. The summed E-state index contributed by atoms with van der Waals surface area (Å²) in [6.07, 6.45) is 0. The minimum Gasteiger partial charge on any atom is -0.331 e. The molecule has 3 rings (SSSR count). The van der Waals surface area contributed by atoms with Gasteiger partial charge in [-0.25, -0.2) is 8.42 Å². The summed E-state index contributed by atoms with van der Waals surface area (Å²) in [7, 11) is -3.90. The van der Waals surface area contributed by atoms with Gasteiger partial charge < -0.3 is 10.6 Å². The molecular weight excluding hydrogens is 446 g/mol. The van der Waals surface area contributed by atoms with Crippen LogP contribution in [0.2, 0.25) is 5.02 Å². The van der Waals surface area contributed by atoms with E-state index in [4.69, 9.17) is 11.6 Å². The van der Waals surface area contributed by atoms with E-state index in [0.717, 1.165) is 11.1 Å². The van der Waals surface area contributed by atoms with E-state index >= 15 is 0 Å². The van der Waals surface area contributed by atoms with E-state index in [1.165, 1.54) is 23.9 Å². The second-order valence-electron chi connectivity index (χ2n) is 6.97. The molecule has 0 saturated carbocycles. The van der Waals surface area contributed by atoms with Gasteiger partial charge in [0.2, 0.25) is 11.8 Å².